The van der Waals surface area contributed by atoms with Crippen molar-refractivity contribution in [3.05, 3.63) is 30.9 Å². The largest absolute Gasteiger partial charge is 0.363 e. The van der Waals surface area contributed by atoms with E-state index in [2.05, 4.69) is 32.3 Å². The maximum Gasteiger partial charge on any atom is 0.166 e. The molecule has 3 rings (SSSR count). The molecule has 3 atom stereocenters. The summed E-state index contributed by atoms with van der Waals surface area (Å²) in [5.74, 6) is 1.47. The fourth-order valence-electron chi connectivity index (χ4n) is 3.05. The van der Waals surface area contributed by atoms with Crippen molar-refractivity contribution in [1.29, 1.82) is 0 Å². The van der Waals surface area contributed by atoms with Gasteiger partial charge in [-0.2, -0.15) is 0 Å². The molecular weight excluding hydrogens is 256 g/mol. The van der Waals surface area contributed by atoms with Gasteiger partial charge < -0.3 is 15.2 Å². The van der Waals surface area contributed by atoms with E-state index in [0.29, 0.717) is 12.0 Å². The third-order valence-electron chi connectivity index (χ3n) is 4.03. The Bertz CT molecular complexity index is 454. The highest BCUT2D eigenvalue weighted by atomic mass is 32.1. The zero-order valence-electron chi connectivity index (χ0n) is 11.0. The molecule has 0 aromatic carbocycles. The van der Waals surface area contributed by atoms with Crippen LogP contribution in [0.25, 0.3) is 0 Å². The van der Waals surface area contributed by atoms with Crippen LogP contribution in [0.2, 0.25) is 0 Å². The molecule has 0 amide bonds. The van der Waals surface area contributed by atoms with Crippen molar-refractivity contribution in [3.8, 4) is 0 Å². The van der Waals surface area contributed by atoms with Gasteiger partial charge in [0.2, 0.25) is 0 Å². The van der Waals surface area contributed by atoms with Gasteiger partial charge in [0.15, 0.2) is 5.11 Å². The van der Waals surface area contributed by atoms with Crippen LogP contribution in [0.5, 0.6) is 0 Å². The van der Waals surface area contributed by atoms with Crippen molar-refractivity contribution in [2.24, 2.45) is 11.8 Å². The van der Waals surface area contributed by atoms with Gasteiger partial charge in [0.05, 0.1) is 6.33 Å². The first-order chi connectivity index (χ1) is 9.31. The molecule has 0 spiro atoms. The zero-order valence-corrected chi connectivity index (χ0v) is 11.8. The monoisotopic (exact) mass is 276 g/mol. The number of nitrogens with zero attached hydrogens (tertiary/aromatic N) is 2. The molecular formula is C14H20N4S. The van der Waals surface area contributed by atoms with E-state index in [1.54, 1.807) is 0 Å². The quantitative estimate of drug-likeness (QED) is 0.488. The van der Waals surface area contributed by atoms with E-state index in [1.165, 1.54) is 12.8 Å². The Hall–Kier alpha value is -1.36. The second-order valence-corrected chi connectivity index (χ2v) is 5.85. The Labute approximate surface area is 119 Å². The standard InChI is InChI=1S/C14H20N4S/c19-14(16-4-1-6-18-7-5-15-10-18)17-13-9-11-2-3-12(13)8-11/h2-3,5,7,10-13H,1,4,6,8-9H2,(H2,16,17,19)/t11-,12+,13-/m1/s1. The van der Waals surface area contributed by atoms with E-state index >= 15 is 0 Å². The van der Waals surface area contributed by atoms with Gasteiger partial charge in [-0.1, -0.05) is 12.2 Å². The molecule has 102 valence electrons. The number of aromatic nitrogens is 2. The molecule has 1 aromatic heterocycles. The van der Waals surface area contributed by atoms with Crippen LogP contribution in [0.15, 0.2) is 30.9 Å². The lowest BCUT2D eigenvalue weighted by Gasteiger charge is -2.21. The predicted molar refractivity (Wildman–Crippen MR) is 79.7 cm³/mol. The summed E-state index contributed by atoms with van der Waals surface area (Å²) in [5, 5.41) is 7.55. The predicted octanol–water partition coefficient (Wildman–Crippen LogP) is 1.70. The highest BCUT2D eigenvalue weighted by Gasteiger charge is 2.35. The molecule has 1 heterocycles. The number of nitrogens with one attached hydrogen (secondary N) is 2. The maximum atomic E-state index is 5.35. The third-order valence-corrected chi connectivity index (χ3v) is 4.30. The molecule has 2 aliphatic rings. The molecule has 0 aliphatic heterocycles. The summed E-state index contributed by atoms with van der Waals surface area (Å²) in [7, 11) is 0. The minimum atomic E-state index is 0.545. The lowest BCUT2D eigenvalue weighted by Crippen LogP contribution is -2.44. The van der Waals surface area contributed by atoms with E-state index < -0.39 is 0 Å². The van der Waals surface area contributed by atoms with E-state index in [9.17, 15) is 0 Å². The van der Waals surface area contributed by atoms with E-state index in [0.717, 1.165) is 30.5 Å². The number of thiocarbonyl (C=S) groups is 1. The van der Waals surface area contributed by atoms with Crippen molar-refractivity contribution in [2.45, 2.75) is 31.8 Å². The number of hydrogen-bond acceptors (Lipinski definition) is 2. The van der Waals surface area contributed by atoms with E-state index in [1.807, 2.05) is 18.7 Å². The van der Waals surface area contributed by atoms with Crippen molar-refractivity contribution in [1.82, 2.24) is 20.2 Å². The Morgan fingerprint density at radius 1 is 1.37 bits per heavy atom. The first-order valence-corrected chi connectivity index (χ1v) is 7.40. The van der Waals surface area contributed by atoms with Crippen LogP contribution in [-0.2, 0) is 6.54 Å². The highest BCUT2D eigenvalue weighted by molar-refractivity contribution is 7.80. The van der Waals surface area contributed by atoms with Crippen LogP contribution < -0.4 is 10.6 Å². The van der Waals surface area contributed by atoms with Gasteiger partial charge in [-0.15, -0.1) is 0 Å². The summed E-state index contributed by atoms with van der Waals surface area (Å²) in [4.78, 5) is 4.02. The number of hydrogen-bond donors (Lipinski definition) is 2. The van der Waals surface area contributed by atoms with E-state index in [4.69, 9.17) is 12.2 Å². The summed E-state index contributed by atoms with van der Waals surface area (Å²) in [6.45, 7) is 1.88. The van der Waals surface area contributed by atoms with Crippen LogP contribution in [0.1, 0.15) is 19.3 Å². The molecule has 0 saturated heterocycles. The lowest BCUT2D eigenvalue weighted by molar-refractivity contribution is 0.518. The van der Waals surface area contributed by atoms with Crippen molar-refractivity contribution < 1.29 is 0 Å². The maximum absolute atomic E-state index is 5.35. The first-order valence-electron chi connectivity index (χ1n) is 7.00. The second-order valence-electron chi connectivity index (χ2n) is 5.44. The summed E-state index contributed by atoms with van der Waals surface area (Å²) in [6, 6.07) is 0.545. The Kier molecular flexibility index (Phi) is 3.82. The van der Waals surface area contributed by atoms with Crippen LogP contribution in [0.4, 0.5) is 0 Å². The summed E-state index contributed by atoms with van der Waals surface area (Å²) >= 11 is 5.35. The van der Waals surface area contributed by atoms with Crippen LogP contribution in [0, 0.1) is 11.8 Å². The van der Waals surface area contributed by atoms with Gasteiger partial charge in [0, 0.05) is 31.5 Å². The first kappa shape index (κ1) is 12.7. The molecule has 2 aliphatic carbocycles. The summed E-state index contributed by atoms with van der Waals surface area (Å²) in [5.41, 5.74) is 0. The van der Waals surface area contributed by atoms with E-state index in [-0.39, 0.29) is 0 Å². The van der Waals surface area contributed by atoms with Crippen molar-refractivity contribution in [2.75, 3.05) is 6.54 Å². The number of rotatable bonds is 5. The van der Waals surface area contributed by atoms with Gasteiger partial charge in [-0.3, -0.25) is 0 Å². The second kappa shape index (κ2) is 5.74. The average Bonchev–Trinajstić information content (AvgIpc) is 3.11. The van der Waals surface area contributed by atoms with Gasteiger partial charge >= 0.3 is 0 Å². The molecule has 1 saturated carbocycles. The Balaban J connectivity index is 1.32. The third kappa shape index (κ3) is 3.15. The number of fused-ring (bicyclic) bond motifs is 2. The van der Waals surface area contributed by atoms with Gasteiger partial charge in [-0.05, 0) is 43.3 Å². The SMILES string of the molecule is S=C(NCCCn1ccnc1)N[C@@H]1C[C@@H]2C=C[C@H]1C2. The van der Waals surface area contributed by atoms with Crippen molar-refractivity contribution >= 4 is 17.3 Å². The average molecular weight is 276 g/mol. The van der Waals surface area contributed by atoms with Crippen LogP contribution in [-0.4, -0.2) is 27.3 Å². The molecule has 0 radical (unpaired) electrons. The Morgan fingerprint density at radius 3 is 3.00 bits per heavy atom. The summed E-state index contributed by atoms with van der Waals surface area (Å²) < 4.78 is 2.08. The highest BCUT2D eigenvalue weighted by Crippen LogP contribution is 2.38. The molecule has 0 unspecified atom stereocenters. The normalized spacial score (nSPS) is 27.7. The van der Waals surface area contributed by atoms with Gasteiger partial charge in [0.1, 0.15) is 0 Å². The molecule has 19 heavy (non-hydrogen) atoms. The topological polar surface area (TPSA) is 41.9 Å². The van der Waals surface area contributed by atoms with Crippen molar-refractivity contribution in [3.63, 3.8) is 0 Å². The zero-order chi connectivity index (χ0) is 13.1. The minimum Gasteiger partial charge on any atom is -0.363 e. The van der Waals surface area contributed by atoms with Crippen LogP contribution in [0.3, 0.4) is 0 Å². The summed E-state index contributed by atoms with van der Waals surface area (Å²) in [6.07, 6.45) is 13.9. The van der Waals surface area contributed by atoms with Gasteiger partial charge in [-0.25, -0.2) is 4.98 Å². The fraction of sp³-hybridized carbons (Fsp3) is 0.571. The van der Waals surface area contributed by atoms with Crippen LogP contribution >= 0.6 is 12.2 Å². The smallest absolute Gasteiger partial charge is 0.166 e. The van der Waals surface area contributed by atoms with Gasteiger partial charge in [0.25, 0.3) is 0 Å². The molecule has 4 nitrogen and oxygen atoms in total. The minimum absolute atomic E-state index is 0.545. The number of imidazole rings is 1. The number of aryl methyl sites for hydroxylation is 1. The Morgan fingerprint density at radius 2 is 2.32 bits per heavy atom. The molecule has 1 fully saturated rings. The lowest BCUT2D eigenvalue weighted by atomic mass is 10.0. The molecule has 5 heteroatoms. The fourth-order valence-corrected chi connectivity index (χ4v) is 3.30. The number of allylic oxidation sites excluding steroid dienone is 1. The molecule has 2 bridgehead atoms. The molecule has 2 N–H and O–H groups in total. The molecule has 1 aromatic rings.